The smallest absolute Gasteiger partial charge is 0.254 e. The molecule has 0 spiro atoms. The highest BCUT2D eigenvalue weighted by atomic mass is 16.5. The first-order valence-electron chi connectivity index (χ1n) is 9.42. The summed E-state index contributed by atoms with van der Waals surface area (Å²) in [5, 5.41) is 40.0. The maximum atomic E-state index is 12.9. The molecule has 152 valence electrons. The molecule has 1 fully saturated rings. The van der Waals surface area contributed by atoms with Crippen LogP contribution in [0.25, 0.3) is 0 Å². The minimum atomic E-state index is -1.43. The Morgan fingerprint density at radius 3 is 2.78 bits per heavy atom. The van der Waals surface area contributed by atoms with Gasteiger partial charge in [-0.1, -0.05) is 12.8 Å². The quantitative estimate of drug-likeness (QED) is 0.574. The van der Waals surface area contributed by atoms with E-state index in [9.17, 15) is 25.2 Å². The Balaban J connectivity index is 2.18. The van der Waals surface area contributed by atoms with Crippen molar-refractivity contribution in [3.63, 3.8) is 0 Å². The molecular weight excluding hydrogens is 352 g/mol. The molecule has 0 saturated carbocycles. The standard InChI is InChI=1S/C19H30N2O6/c1-13-10-14(6-7-20-13)19(26)21-8-4-2-3-5-9-27-18(16(24)12-22)17(25)15(23)11-21/h6-7,10,15-18,22-25H,2-5,8-9,11-12H2,1H3/t15-,16+,17+,18+/m0/s1. The predicted octanol–water partition coefficient (Wildman–Crippen LogP) is -0.134. The van der Waals surface area contributed by atoms with Crippen molar-refractivity contribution in [1.82, 2.24) is 9.88 Å². The number of pyridine rings is 1. The molecule has 1 aromatic rings. The first-order chi connectivity index (χ1) is 12.9. The molecule has 4 atom stereocenters. The van der Waals surface area contributed by atoms with E-state index in [1.54, 1.807) is 25.3 Å². The molecule has 1 aliphatic heterocycles. The van der Waals surface area contributed by atoms with Gasteiger partial charge in [0.15, 0.2) is 0 Å². The largest absolute Gasteiger partial charge is 0.394 e. The van der Waals surface area contributed by atoms with E-state index < -0.39 is 31.0 Å². The van der Waals surface area contributed by atoms with Gasteiger partial charge >= 0.3 is 0 Å². The molecule has 1 saturated heterocycles. The van der Waals surface area contributed by atoms with Crippen LogP contribution in [0.4, 0.5) is 0 Å². The molecule has 0 aromatic carbocycles. The van der Waals surface area contributed by atoms with Crippen molar-refractivity contribution in [1.29, 1.82) is 0 Å². The van der Waals surface area contributed by atoms with Crippen molar-refractivity contribution in [2.75, 3.05) is 26.3 Å². The van der Waals surface area contributed by atoms with Crippen molar-refractivity contribution < 1.29 is 30.0 Å². The van der Waals surface area contributed by atoms with Gasteiger partial charge in [-0.3, -0.25) is 9.78 Å². The lowest BCUT2D eigenvalue weighted by Gasteiger charge is -2.33. The van der Waals surface area contributed by atoms with Crippen LogP contribution in [0.2, 0.25) is 0 Å². The number of β-amino-alcohol motifs (C(OH)–C–C–N with tert-alkyl or cyclic N) is 1. The van der Waals surface area contributed by atoms with Gasteiger partial charge in [0.05, 0.1) is 6.61 Å². The van der Waals surface area contributed by atoms with Crippen LogP contribution in [0.15, 0.2) is 18.3 Å². The summed E-state index contributed by atoms with van der Waals surface area (Å²) in [6.45, 7) is 1.89. The van der Waals surface area contributed by atoms with Gasteiger partial charge in [0.2, 0.25) is 0 Å². The fourth-order valence-corrected chi connectivity index (χ4v) is 3.21. The van der Waals surface area contributed by atoms with Crippen molar-refractivity contribution >= 4 is 5.91 Å². The maximum Gasteiger partial charge on any atom is 0.254 e. The molecule has 27 heavy (non-hydrogen) atoms. The second kappa shape index (κ2) is 10.7. The van der Waals surface area contributed by atoms with Gasteiger partial charge in [-0.05, 0) is 31.9 Å². The molecule has 1 amide bonds. The van der Waals surface area contributed by atoms with E-state index >= 15 is 0 Å². The third kappa shape index (κ3) is 6.22. The zero-order valence-corrected chi connectivity index (χ0v) is 15.7. The molecule has 8 heteroatoms. The van der Waals surface area contributed by atoms with Gasteiger partial charge in [0.25, 0.3) is 5.91 Å². The second-order valence-corrected chi connectivity index (χ2v) is 6.99. The van der Waals surface area contributed by atoms with Crippen molar-refractivity contribution in [3.05, 3.63) is 29.6 Å². The van der Waals surface area contributed by atoms with E-state index in [-0.39, 0.29) is 12.5 Å². The molecule has 0 unspecified atom stereocenters. The number of ether oxygens (including phenoxy) is 1. The Morgan fingerprint density at radius 2 is 2.07 bits per heavy atom. The molecule has 2 rings (SSSR count). The lowest BCUT2D eigenvalue weighted by atomic mass is 10.0. The van der Waals surface area contributed by atoms with Gasteiger partial charge in [-0.2, -0.15) is 0 Å². The fraction of sp³-hybridized carbons (Fsp3) is 0.684. The topological polar surface area (TPSA) is 123 Å². The number of aliphatic hydroxyl groups excluding tert-OH is 4. The van der Waals surface area contributed by atoms with Crippen LogP contribution in [0.5, 0.6) is 0 Å². The summed E-state index contributed by atoms with van der Waals surface area (Å²) in [6, 6.07) is 3.30. The van der Waals surface area contributed by atoms with Crippen molar-refractivity contribution in [2.24, 2.45) is 0 Å². The van der Waals surface area contributed by atoms with Crippen LogP contribution in [0.3, 0.4) is 0 Å². The van der Waals surface area contributed by atoms with E-state index in [0.29, 0.717) is 18.7 Å². The molecule has 1 aliphatic rings. The van der Waals surface area contributed by atoms with E-state index in [2.05, 4.69) is 4.98 Å². The van der Waals surface area contributed by atoms with Crippen LogP contribution in [0.1, 0.15) is 41.7 Å². The zero-order chi connectivity index (χ0) is 19.8. The monoisotopic (exact) mass is 382 g/mol. The summed E-state index contributed by atoms with van der Waals surface area (Å²) in [7, 11) is 0. The Bertz CT molecular complexity index is 599. The highest BCUT2D eigenvalue weighted by Crippen LogP contribution is 2.16. The summed E-state index contributed by atoms with van der Waals surface area (Å²) in [6.07, 6.45) is -0.328. The Kier molecular flexibility index (Phi) is 8.59. The number of carbonyl (C=O) groups is 1. The summed E-state index contributed by atoms with van der Waals surface area (Å²) in [4.78, 5) is 18.5. The van der Waals surface area contributed by atoms with Crippen LogP contribution in [0, 0.1) is 6.92 Å². The lowest BCUT2D eigenvalue weighted by molar-refractivity contribution is -0.145. The number of amides is 1. The van der Waals surface area contributed by atoms with Crippen LogP contribution < -0.4 is 0 Å². The van der Waals surface area contributed by atoms with Crippen LogP contribution in [-0.4, -0.2) is 86.9 Å². The second-order valence-electron chi connectivity index (χ2n) is 6.99. The first-order valence-corrected chi connectivity index (χ1v) is 9.42. The number of carbonyl (C=O) groups excluding carboxylic acids is 1. The summed E-state index contributed by atoms with van der Waals surface area (Å²) >= 11 is 0. The normalized spacial score (nSPS) is 26.7. The molecule has 4 N–H and O–H groups in total. The third-order valence-corrected chi connectivity index (χ3v) is 4.77. The SMILES string of the molecule is Cc1cc(C(=O)N2CCCCCCO[C@H]([C@H](O)CO)[C@H](O)[C@@H](O)C2)ccn1. The minimum Gasteiger partial charge on any atom is -0.394 e. The summed E-state index contributed by atoms with van der Waals surface area (Å²) in [5.74, 6) is -0.246. The van der Waals surface area contributed by atoms with E-state index in [0.717, 1.165) is 31.4 Å². The van der Waals surface area contributed by atoms with Crippen LogP contribution in [-0.2, 0) is 4.74 Å². The maximum absolute atomic E-state index is 12.9. The molecule has 1 aromatic heterocycles. The fourth-order valence-electron chi connectivity index (χ4n) is 3.21. The van der Waals surface area contributed by atoms with E-state index in [1.807, 2.05) is 0 Å². The number of hydrogen-bond acceptors (Lipinski definition) is 7. The lowest BCUT2D eigenvalue weighted by Crippen LogP contribution is -2.52. The van der Waals surface area contributed by atoms with Crippen molar-refractivity contribution in [3.8, 4) is 0 Å². The van der Waals surface area contributed by atoms with Crippen LogP contribution >= 0.6 is 0 Å². The van der Waals surface area contributed by atoms with E-state index in [4.69, 9.17) is 4.74 Å². The van der Waals surface area contributed by atoms with Gasteiger partial charge in [0, 0.05) is 37.2 Å². The van der Waals surface area contributed by atoms with Crippen molar-refractivity contribution in [2.45, 2.75) is 57.0 Å². The molecule has 0 bridgehead atoms. The molecule has 2 heterocycles. The summed E-state index contributed by atoms with van der Waals surface area (Å²) in [5.41, 5.74) is 1.19. The van der Waals surface area contributed by atoms with Gasteiger partial charge in [0.1, 0.15) is 24.4 Å². The predicted molar refractivity (Wildman–Crippen MR) is 98.2 cm³/mol. The number of aliphatic hydroxyl groups is 4. The number of aromatic nitrogens is 1. The Labute approximate surface area is 159 Å². The van der Waals surface area contributed by atoms with Gasteiger partial charge < -0.3 is 30.1 Å². The third-order valence-electron chi connectivity index (χ3n) is 4.77. The van der Waals surface area contributed by atoms with Gasteiger partial charge in [-0.25, -0.2) is 0 Å². The van der Waals surface area contributed by atoms with E-state index in [1.165, 1.54) is 4.90 Å². The average molecular weight is 382 g/mol. The number of nitrogens with zero attached hydrogens (tertiary/aromatic N) is 2. The molecule has 0 aliphatic carbocycles. The number of rotatable bonds is 3. The Hall–Kier alpha value is -1.58. The number of hydrogen-bond donors (Lipinski definition) is 4. The first kappa shape index (κ1) is 21.7. The molecular formula is C19H30N2O6. The average Bonchev–Trinajstić information content (AvgIpc) is 2.66. The molecule has 0 radical (unpaired) electrons. The zero-order valence-electron chi connectivity index (χ0n) is 15.7. The minimum absolute atomic E-state index is 0.0978. The highest BCUT2D eigenvalue weighted by molar-refractivity contribution is 5.94. The highest BCUT2D eigenvalue weighted by Gasteiger charge is 2.34. The summed E-state index contributed by atoms with van der Waals surface area (Å²) < 4.78 is 5.51. The molecule has 8 nitrogen and oxygen atoms in total. The number of aryl methyl sites for hydroxylation is 1. The van der Waals surface area contributed by atoms with Gasteiger partial charge in [-0.15, -0.1) is 0 Å². The Morgan fingerprint density at radius 1 is 1.33 bits per heavy atom.